The molecule has 0 fully saturated rings. The molecule has 0 aliphatic carbocycles. The van der Waals surface area contributed by atoms with Gasteiger partial charge < -0.3 is 19.7 Å². The normalized spacial score (nSPS) is 11.1. The Hall–Kier alpha value is -1.75. The Bertz CT molecular complexity index is 431. The van der Waals surface area contributed by atoms with Gasteiger partial charge in [-0.15, -0.1) is 0 Å². The molecule has 0 bridgehead atoms. The van der Waals surface area contributed by atoms with Crippen LogP contribution in [-0.4, -0.2) is 30.4 Å². The van der Waals surface area contributed by atoms with Gasteiger partial charge in [0, 0.05) is 0 Å². The highest BCUT2D eigenvalue weighted by atomic mass is 16.5. The van der Waals surface area contributed by atoms with E-state index in [9.17, 15) is 9.90 Å². The van der Waals surface area contributed by atoms with Crippen molar-refractivity contribution in [1.29, 1.82) is 0 Å². The molecule has 1 aromatic carbocycles. The fraction of sp³-hybridized carbons (Fsp3) is 0.417. The topological polar surface area (TPSA) is 76.0 Å². The van der Waals surface area contributed by atoms with Crippen molar-refractivity contribution in [3.63, 3.8) is 0 Å². The molecule has 0 unspecified atom stereocenters. The van der Waals surface area contributed by atoms with Crippen molar-refractivity contribution in [1.82, 2.24) is 0 Å². The highest BCUT2D eigenvalue weighted by Gasteiger charge is 2.24. The van der Waals surface area contributed by atoms with Crippen LogP contribution in [0.15, 0.2) is 12.1 Å². The summed E-state index contributed by atoms with van der Waals surface area (Å²) in [6.07, 6.45) is 0. The van der Waals surface area contributed by atoms with Crippen LogP contribution in [-0.2, 0) is 5.60 Å². The smallest absolute Gasteiger partial charge is 0.339 e. The highest BCUT2D eigenvalue weighted by Crippen LogP contribution is 2.35. The Morgan fingerprint density at radius 3 is 2.18 bits per heavy atom. The average molecular weight is 240 g/mol. The second kappa shape index (κ2) is 4.63. The quantitative estimate of drug-likeness (QED) is 0.836. The van der Waals surface area contributed by atoms with E-state index in [1.165, 1.54) is 20.3 Å². The second-order valence-electron chi connectivity index (χ2n) is 4.12. The molecule has 0 aliphatic heterocycles. The molecule has 94 valence electrons. The number of benzene rings is 1. The van der Waals surface area contributed by atoms with Gasteiger partial charge >= 0.3 is 5.97 Å². The summed E-state index contributed by atoms with van der Waals surface area (Å²) in [6, 6.07) is 2.94. The van der Waals surface area contributed by atoms with E-state index in [0.717, 1.165) is 0 Å². The summed E-state index contributed by atoms with van der Waals surface area (Å²) in [5.74, 6) is -0.705. The standard InChI is InChI=1S/C12H16O5/c1-12(2,15)7-5-8(11(13)14)10(17-4)9(6-7)16-3/h5-6,15H,1-4H3,(H,13,14). The van der Waals surface area contributed by atoms with E-state index in [1.807, 2.05) is 0 Å². The van der Waals surface area contributed by atoms with E-state index in [1.54, 1.807) is 19.9 Å². The van der Waals surface area contributed by atoms with Crippen molar-refractivity contribution in [2.75, 3.05) is 14.2 Å². The first-order valence-corrected chi connectivity index (χ1v) is 5.03. The Morgan fingerprint density at radius 1 is 1.24 bits per heavy atom. The van der Waals surface area contributed by atoms with Crippen LogP contribution in [0.25, 0.3) is 0 Å². The minimum atomic E-state index is -1.15. The Kier molecular flexibility index (Phi) is 3.63. The summed E-state index contributed by atoms with van der Waals surface area (Å²) in [6.45, 7) is 3.14. The lowest BCUT2D eigenvalue weighted by Crippen LogP contribution is -2.17. The first kappa shape index (κ1) is 13.3. The van der Waals surface area contributed by atoms with Crippen molar-refractivity contribution in [3.05, 3.63) is 23.3 Å². The number of aromatic carboxylic acids is 1. The lowest BCUT2D eigenvalue weighted by molar-refractivity contribution is 0.0687. The molecule has 0 saturated heterocycles. The van der Waals surface area contributed by atoms with Crippen LogP contribution in [0.1, 0.15) is 29.8 Å². The van der Waals surface area contributed by atoms with Gasteiger partial charge in [-0.05, 0) is 31.5 Å². The second-order valence-corrected chi connectivity index (χ2v) is 4.12. The SMILES string of the molecule is COc1cc(C(C)(C)O)cc(C(=O)O)c1OC. The van der Waals surface area contributed by atoms with Crippen LogP contribution in [0.5, 0.6) is 11.5 Å². The molecule has 0 saturated carbocycles. The van der Waals surface area contributed by atoms with Crippen LogP contribution in [0.2, 0.25) is 0 Å². The molecule has 17 heavy (non-hydrogen) atoms. The van der Waals surface area contributed by atoms with Crippen LogP contribution >= 0.6 is 0 Å². The molecular weight excluding hydrogens is 224 g/mol. The highest BCUT2D eigenvalue weighted by molar-refractivity contribution is 5.92. The molecule has 0 aliphatic rings. The lowest BCUT2D eigenvalue weighted by atomic mass is 9.95. The number of aliphatic hydroxyl groups is 1. The third-order valence-electron chi connectivity index (χ3n) is 2.42. The number of ether oxygens (including phenoxy) is 2. The van der Waals surface area contributed by atoms with Gasteiger partial charge in [0.05, 0.1) is 19.8 Å². The number of hydrogen-bond acceptors (Lipinski definition) is 4. The maximum atomic E-state index is 11.1. The number of carboxylic acids is 1. The first-order valence-electron chi connectivity index (χ1n) is 5.03. The molecule has 1 aromatic rings. The van der Waals surface area contributed by atoms with Crippen LogP contribution in [0.3, 0.4) is 0 Å². The number of rotatable bonds is 4. The number of carbonyl (C=O) groups is 1. The first-order chi connectivity index (χ1) is 7.81. The Labute approximate surface area is 99.6 Å². The summed E-state index contributed by atoms with van der Waals surface area (Å²) < 4.78 is 10.1. The van der Waals surface area contributed by atoms with E-state index in [4.69, 9.17) is 14.6 Å². The molecule has 5 heteroatoms. The van der Waals surface area contributed by atoms with E-state index in [2.05, 4.69) is 0 Å². The molecule has 0 aromatic heterocycles. The van der Waals surface area contributed by atoms with Gasteiger partial charge in [0.15, 0.2) is 11.5 Å². The summed E-state index contributed by atoms with van der Waals surface area (Å²) in [5.41, 5.74) is -0.736. The molecule has 0 atom stereocenters. The van der Waals surface area contributed by atoms with E-state index >= 15 is 0 Å². The molecule has 5 nitrogen and oxygen atoms in total. The predicted octanol–water partition coefficient (Wildman–Crippen LogP) is 1.63. The third-order valence-corrected chi connectivity index (χ3v) is 2.42. The van der Waals surface area contributed by atoms with E-state index in [-0.39, 0.29) is 17.1 Å². The van der Waals surface area contributed by atoms with Crippen molar-refractivity contribution in [2.45, 2.75) is 19.4 Å². The van der Waals surface area contributed by atoms with Gasteiger partial charge in [-0.25, -0.2) is 4.79 Å². The maximum Gasteiger partial charge on any atom is 0.339 e. The van der Waals surface area contributed by atoms with E-state index < -0.39 is 11.6 Å². The largest absolute Gasteiger partial charge is 0.493 e. The summed E-state index contributed by atoms with van der Waals surface area (Å²) >= 11 is 0. The van der Waals surface area contributed by atoms with Crippen LogP contribution < -0.4 is 9.47 Å². The summed E-state index contributed by atoms with van der Waals surface area (Å²) in [5, 5.41) is 19.0. The molecule has 0 amide bonds. The van der Waals surface area contributed by atoms with Crippen molar-refractivity contribution >= 4 is 5.97 Å². The molecular formula is C12H16O5. The fourth-order valence-corrected chi connectivity index (χ4v) is 1.48. The van der Waals surface area contributed by atoms with Gasteiger partial charge in [-0.3, -0.25) is 0 Å². The minimum Gasteiger partial charge on any atom is -0.493 e. The third kappa shape index (κ3) is 2.68. The minimum absolute atomic E-state index is 0.0380. The predicted molar refractivity (Wildman–Crippen MR) is 61.8 cm³/mol. The van der Waals surface area contributed by atoms with Crippen molar-refractivity contribution in [3.8, 4) is 11.5 Å². The molecule has 0 spiro atoms. The van der Waals surface area contributed by atoms with Gasteiger partial charge in [-0.2, -0.15) is 0 Å². The van der Waals surface area contributed by atoms with Gasteiger partial charge in [0.25, 0.3) is 0 Å². The van der Waals surface area contributed by atoms with Crippen LogP contribution in [0.4, 0.5) is 0 Å². The zero-order chi connectivity index (χ0) is 13.2. The monoisotopic (exact) mass is 240 g/mol. The van der Waals surface area contributed by atoms with Crippen molar-refractivity contribution < 1.29 is 24.5 Å². The summed E-state index contributed by atoms with van der Waals surface area (Å²) in [7, 11) is 2.78. The molecule has 2 N–H and O–H groups in total. The van der Waals surface area contributed by atoms with Crippen LogP contribution in [0, 0.1) is 0 Å². The zero-order valence-electron chi connectivity index (χ0n) is 10.3. The van der Waals surface area contributed by atoms with E-state index in [0.29, 0.717) is 5.56 Å². The van der Waals surface area contributed by atoms with Gasteiger partial charge in [0.2, 0.25) is 0 Å². The average Bonchev–Trinajstić information content (AvgIpc) is 2.25. The lowest BCUT2D eigenvalue weighted by Gasteiger charge is -2.20. The van der Waals surface area contributed by atoms with Gasteiger partial charge in [0.1, 0.15) is 5.56 Å². The Balaban J connectivity index is 3.51. The maximum absolute atomic E-state index is 11.1. The summed E-state index contributed by atoms with van der Waals surface area (Å²) in [4.78, 5) is 11.1. The molecule has 0 heterocycles. The molecule has 0 radical (unpaired) electrons. The Morgan fingerprint density at radius 2 is 1.82 bits per heavy atom. The number of carboxylic acid groups (broad SMARTS) is 1. The van der Waals surface area contributed by atoms with Gasteiger partial charge in [-0.1, -0.05) is 0 Å². The zero-order valence-corrected chi connectivity index (χ0v) is 10.3. The number of hydrogen-bond donors (Lipinski definition) is 2. The fourth-order valence-electron chi connectivity index (χ4n) is 1.48. The molecule has 1 rings (SSSR count). The number of methoxy groups -OCH3 is 2. The van der Waals surface area contributed by atoms with Crippen molar-refractivity contribution in [2.24, 2.45) is 0 Å².